The van der Waals surface area contributed by atoms with Crippen LogP contribution in [-0.4, -0.2) is 35.8 Å². The summed E-state index contributed by atoms with van der Waals surface area (Å²) in [6, 6.07) is 0. The Bertz CT molecular complexity index is 376. The van der Waals surface area contributed by atoms with Crippen LogP contribution in [0.4, 0.5) is 10.3 Å². The van der Waals surface area contributed by atoms with Crippen molar-refractivity contribution in [3.05, 3.63) is 12.0 Å². The summed E-state index contributed by atoms with van der Waals surface area (Å²) in [6.07, 6.45) is 1.32. The number of thioether (sulfide) groups is 1. The van der Waals surface area contributed by atoms with Crippen LogP contribution in [0.25, 0.3) is 0 Å². The maximum atomic E-state index is 13.2. The van der Waals surface area contributed by atoms with Gasteiger partial charge in [-0.25, -0.2) is 14.4 Å². The van der Waals surface area contributed by atoms with Gasteiger partial charge in [0.15, 0.2) is 5.82 Å². The third-order valence-corrected chi connectivity index (χ3v) is 2.68. The molecule has 0 spiro atoms. The van der Waals surface area contributed by atoms with E-state index in [1.807, 2.05) is 0 Å². The Morgan fingerprint density at radius 3 is 3.06 bits per heavy atom. The second-order valence-electron chi connectivity index (χ2n) is 2.77. The molecule has 1 aromatic rings. The molecule has 0 bridgehead atoms. The summed E-state index contributed by atoms with van der Waals surface area (Å²) in [5, 5.41) is 2.94. The molecule has 1 rings (SSSR count). The van der Waals surface area contributed by atoms with Crippen LogP contribution in [0.15, 0.2) is 11.2 Å². The topological polar surface area (TPSA) is 64.1 Å². The third-order valence-electron chi connectivity index (χ3n) is 1.71. The summed E-state index contributed by atoms with van der Waals surface area (Å²) in [7, 11) is 2.97. The molecule has 7 heteroatoms. The number of carbonyl (C=O) groups excluding carboxylic acids is 1. The zero-order chi connectivity index (χ0) is 12.0. The minimum atomic E-state index is -0.492. The Kier molecular flexibility index (Phi) is 4.97. The fraction of sp³-hybridized carbons (Fsp3) is 0.444. The molecule has 88 valence electrons. The van der Waals surface area contributed by atoms with E-state index in [2.05, 4.69) is 20.0 Å². The standard InChI is InChI=1S/C9H12FN3O2S/c1-11-9-12-5-6(10)8(13-9)16-4-3-7(14)15-2/h5H,3-4H2,1-2H3,(H,11,12,13). The van der Waals surface area contributed by atoms with Gasteiger partial charge >= 0.3 is 5.97 Å². The SMILES string of the molecule is CNc1ncc(F)c(SCCC(=O)OC)n1. The molecule has 0 saturated heterocycles. The molecule has 0 aliphatic rings. The molecule has 0 fully saturated rings. The highest BCUT2D eigenvalue weighted by molar-refractivity contribution is 7.99. The van der Waals surface area contributed by atoms with Crippen LogP contribution in [0.1, 0.15) is 6.42 Å². The van der Waals surface area contributed by atoms with Crippen molar-refractivity contribution in [1.82, 2.24) is 9.97 Å². The van der Waals surface area contributed by atoms with Crippen LogP contribution in [0.5, 0.6) is 0 Å². The Morgan fingerprint density at radius 1 is 1.69 bits per heavy atom. The van der Waals surface area contributed by atoms with Gasteiger partial charge in [0.2, 0.25) is 5.95 Å². The summed E-state index contributed by atoms with van der Waals surface area (Å²) < 4.78 is 17.7. The monoisotopic (exact) mass is 245 g/mol. The summed E-state index contributed by atoms with van der Waals surface area (Å²) in [4.78, 5) is 18.5. The third kappa shape index (κ3) is 3.65. The molecular weight excluding hydrogens is 233 g/mol. The van der Waals surface area contributed by atoms with Gasteiger partial charge in [0, 0.05) is 12.8 Å². The molecular formula is C9H12FN3O2S. The number of hydrogen-bond acceptors (Lipinski definition) is 6. The molecule has 5 nitrogen and oxygen atoms in total. The van der Waals surface area contributed by atoms with Crippen LogP contribution in [0.3, 0.4) is 0 Å². The maximum Gasteiger partial charge on any atom is 0.306 e. The van der Waals surface area contributed by atoms with Crippen molar-refractivity contribution in [2.45, 2.75) is 11.4 Å². The number of nitrogens with zero attached hydrogens (tertiary/aromatic N) is 2. The number of aromatic nitrogens is 2. The van der Waals surface area contributed by atoms with Gasteiger partial charge in [0.1, 0.15) is 5.03 Å². The van der Waals surface area contributed by atoms with E-state index in [1.54, 1.807) is 7.05 Å². The molecule has 0 aliphatic carbocycles. The fourth-order valence-electron chi connectivity index (χ4n) is 0.906. The normalized spacial score (nSPS) is 9.94. The second-order valence-corrected chi connectivity index (χ2v) is 3.85. The molecule has 1 aromatic heterocycles. The van der Waals surface area contributed by atoms with Crippen molar-refractivity contribution < 1.29 is 13.9 Å². The molecule has 0 unspecified atom stereocenters. The molecule has 0 amide bonds. The molecule has 0 saturated carbocycles. The molecule has 1 N–H and O–H groups in total. The van der Waals surface area contributed by atoms with Crippen LogP contribution >= 0.6 is 11.8 Å². The van der Waals surface area contributed by atoms with Crippen LogP contribution in [0.2, 0.25) is 0 Å². The highest BCUT2D eigenvalue weighted by Crippen LogP contribution is 2.20. The van der Waals surface area contributed by atoms with E-state index in [0.29, 0.717) is 11.7 Å². The average molecular weight is 245 g/mol. The Morgan fingerprint density at radius 2 is 2.44 bits per heavy atom. The zero-order valence-electron chi connectivity index (χ0n) is 8.99. The molecule has 0 atom stereocenters. The Balaban J connectivity index is 2.55. The number of anilines is 1. The highest BCUT2D eigenvalue weighted by Gasteiger charge is 2.08. The van der Waals surface area contributed by atoms with E-state index in [-0.39, 0.29) is 17.4 Å². The van der Waals surface area contributed by atoms with E-state index in [1.165, 1.54) is 7.11 Å². The highest BCUT2D eigenvalue weighted by atomic mass is 32.2. The van der Waals surface area contributed by atoms with Crippen molar-refractivity contribution in [3.8, 4) is 0 Å². The first-order valence-electron chi connectivity index (χ1n) is 4.57. The number of carbonyl (C=O) groups is 1. The number of hydrogen-bond donors (Lipinski definition) is 1. The lowest BCUT2D eigenvalue weighted by atomic mass is 10.5. The van der Waals surface area contributed by atoms with Gasteiger partial charge in [-0.3, -0.25) is 4.79 Å². The van der Waals surface area contributed by atoms with Crippen molar-refractivity contribution in [2.24, 2.45) is 0 Å². The van der Waals surface area contributed by atoms with E-state index < -0.39 is 5.82 Å². The zero-order valence-corrected chi connectivity index (χ0v) is 9.81. The predicted molar refractivity (Wildman–Crippen MR) is 58.9 cm³/mol. The van der Waals surface area contributed by atoms with E-state index >= 15 is 0 Å². The minimum absolute atomic E-state index is 0.222. The first-order chi connectivity index (χ1) is 7.67. The molecule has 1 heterocycles. The summed E-state index contributed by atoms with van der Waals surface area (Å²) in [5.74, 6) is -0.0457. The lowest BCUT2D eigenvalue weighted by molar-refractivity contribution is -0.140. The lowest BCUT2D eigenvalue weighted by Gasteiger charge is -2.03. The number of esters is 1. The van der Waals surface area contributed by atoms with Gasteiger partial charge in [-0.2, -0.15) is 0 Å². The number of halogens is 1. The number of methoxy groups -OCH3 is 1. The molecule has 0 aromatic carbocycles. The Labute approximate surface area is 96.8 Å². The average Bonchev–Trinajstić information content (AvgIpc) is 2.31. The molecule has 0 aliphatic heterocycles. The van der Waals surface area contributed by atoms with Crippen molar-refractivity contribution in [3.63, 3.8) is 0 Å². The largest absolute Gasteiger partial charge is 0.469 e. The summed E-state index contributed by atoms with van der Waals surface area (Å²) in [6.45, 7) is 0. The van der Waals surface area contributed by atoms with Crippen molar-refractivity contribution in [2.75, 3.05) is 25.2 Å². The minimum Gasteiger partial charge on any atom is -0.469 e. The predicted octanol–water partition coefficient (Wildman–Crippen LogP) is 1.31. The van der Waals surface area contributed by atoms with Crippen molar-refractivity contribution >= 4 is 23.7 Å². The number of nitrogens with one attached hydrogen (secondary N) is 1. The quantitative estimate of drug-likeness (QED) is 0.479. The number of ether oxygens (including phenoxy) is 1. The first kappa shape index (κ1) is 12.7. The van der Waals surface area contributed by atoms with Crippen LogP contribution in [-0.2, 0) is 9.53 Å². The van der Waals surface area contributed by atoms with E-state index in [9.17, 15) is 9.18 Å². The van der Waals surface area contributed by atoms with E-state index in [0.717, 1.165) is 18.0 Å². The first-order valence-corrected chi connectivity index (χ1v) is 5.56. The molecule has 0 radical (unpaired) electrons. The fourth-order valence-corrected chi connectivity index (χ4v) is 1.71. The summed E-state index contributed by atoms with van der Waals surface area (Å²) in [5.41, 5.74) is 0. The van der Waals surface area contributed by atoms with Gasteiger partial charge in [0.25, 0.3) is 0 Å². The van der Waals surface area contributed by atoms with E-state index in [4.69, 9.17) is 0 Å². The maximum absolute atomic E-state index is 13.2. The van der Waals surface area contributed by atoms with Gasteiger partial charge < -0.3 is 10.1 Å². The van der Waals surface area contributed by atoms with Gasteiger partial charge in [-0.1, -0.05) is 0 Å². The summed E-state index contributed by atoms with van der Waals surface area (Å²) >= 11 is 1.15. The smallest absolute Gasteiger partial charge is 0.306 e. The van der Waals surface area contributed by atoms with Gasteiger partial charge in [-0.05, 0) is 0 Å². The van der Waals surface area contributed by atoms with Crippen LogP contribution in [0, 0.1) is 5.82 Å². The molecule has 16 heavy (non-hydrogen) atoms. The lowest BCUT2D eigenvalue weighted by Crippen LogP contribution is -2.03. The van der Waals surface area contributed by atoms with Gasteiger partial charge in [0.05, 0.1) is 19.7 Å². The van der Waals surface area contributed by atoms with Crippen molar-refractivity contribution in [1.29, 1.82) is 0 Å². The second kappa shape index (κ2) is 6.26. The Hall–Kier alpha value is -1.37. The number of rotatable bonds is 5. The van der Waals surface area contributed by atoms with Gasteiger partial charge in [-0.15, -0.1) is 11.8 Å². The van der Waals surface area contributed by atoms with Crippen LogP contribution < -0.4 is 5.32 Å².